The van der Waals surface area contributed by atoms with E-state index in [1.165, 1.54) is 32.4 Å². The molecule has 0 saturated carbocycles. The molecule has 0 aromatic carbocycles. The second-order valence-electron chi connectivity index (χ2n) is 4.76. The van der Waals surface area contributed by atoms with Crippen molar-refractivity contribution in [2.45, 2.75) is 39.5 Å². The summed E-state index contributed by atoms with van der Waals surface area (Å²) >= 11 is 0. The molecular formula is C11H21NO. The van der Waals surface area contributed by atoms with Crippen molar-refractivity contribution in [1.82, 2.24) is 4.90 Å². The summed E-state index contributed by atoms with van der Waals surface area (Å²) in [5.74, 6) is 0. The van der Waals surface area contributed by atoms with Crippen LogP contribution in [0.2, 0.25) is 0 Å². The van der Waals surface area contributed by atoms with Crippen LogP contribution in [-0.2, 0) is 4.79 Å². The van der Waals surface area contributed by atoms with Crippen LogP contribution in [0.15, 0.2) is 0 Å². The van der Waals surface area contributed by atoms with Crippen LogP contribution in [0.1, 0.15) is 39.5 Å². The van der Waals surface area contributed by atoms with E-state index in [9.17, 15) is 4.79 Å². The van der Waals surface area contributed by atoms with Crippen molar-refractivity contribution < 1.29 is 4.79 Å². The third-order valence-corrected chi connectivity index (χ3v) is 2.84. The molecule has 2 heteroatoms. The molecule has 1 heterocycles. The van der Waals surface area contributed by atoms with Crippen molar-refractivity contribution in [2.75, 3.05) is 19.6 Å². The molecule has 1 fully saturated rings. The van der Waals surface area contributed by atoms with E-state index in [2.05, 4.69) is 4.90 Å². The van der Waals surface area contributed by atoms with Crippen molar-refractivity contribution in [3.63, 3.8) is 0 Å². The van der Waals surface area contributed by atoms with Crippen molar-refractivity contribution in [3.05, 3.63) is 0 Å². The number of piperidine rings is 1. The summed E-state index contributed by atoms with van der Waals surface area (Å²) in [6, 6.07) is 0. The van der Waals surface area contributed by atoms with Gasteiger partial charge in [-0.3, -0.25) is 0 Å². The molecule has 0 aromatic rings. The Morgan fingerprint density at radius 3 is 2.38 bits per heavy atom. The lowest BCUT2D eigenvalue weighted by Gasteiger charge is -2.28. The maximum Gasteiger partial charge on any atom is 0.125 e. The Morgan fingerprint density at radius 2 is 1.85 bits per heavy atom. The highest BCUT2D eigenvalue weighted by Gasteiger charge is 2.18. The molecule has 0 N–H and O–H groups in total. The maximum absolute atomic E-state index is 10.7. The number of carbonyl (C=O) groups is 1. The Kier molecular flexibility index (Phi) is 3.91. The van der Waals surface area contributed by atoms with Crippen LogP contribution in [0.3, 0.4) is 0 Å². The van der Waals surface area contributed by atoms with Crippen LogP contribution in [0.4, 0.5) is 0 Å². The Bertz CT molecular complexity index is 159. The molecule has 2 nitrogen and oxygen atoms in total. The van der Waals surface area contributed by atoms with E-state index >= 15 is 0 Å². The Labute approximate surface area is 81.3 Å². The summed E-state index contributed by atoms with van der Waals surface area (Å²) in [6.45, 7) is 7.59. The van der Waals surface area contributed by atoms with Gasteiger partial charge >= 0.3 is 0 Å². The van der Waals surface area contributed by atoms with Gasteiger partial charge in [-0.1, -0.05) is 20.3 Å². The fraction of sp³-hybridized carbons (Fsp3) is 0.909. The average molecular weight is 183 g/mol. The smallest absolute Gasteiger partial charge is 0.125 e. The van der Waals surface area contributed by atoms with Gasteiger partial charge in [0.1, 0.15) is 6.29 Å². The summed E-state index contributed by atoms with van der Waals surface area (Å²) in [6.07, 6.45) is 6.13. The fourth-order valence-corrected chi connectivity index (χ4v) is 1.69. The van der Waals surface area contributed by atoms with Crippen LogP contribution in [0.25, 0.3) is 0 Å². The highest BCUT2D eigenvalue weighted by molar-refractivity contribution is 5.57. The Balaban J connectivity index is 2.20. The van der Waals surface area contributed by atoms with E-state index in [1.807, 2.05) is 13.8 Å². The van der Waals surface area contributed by atoms with Crippen molar-refractivity contribution in [3.8, 4) is 0 Å². The SMILES string of the molecule is CC(C)(C=O)CCN1CCCCC1. The predicted molar refractivity (Wildman–Crippen MR) is 54.8 cm³/mol. The zero-order valence-electron chi connectivity index (χ0n) is 8.88. The average Bonchev–Trinajstić information content (AvgIpc) is 2.17. The summed E-state index contributed by atoms with van der Waals surface area (Å²) in [7, 11) is 0. The van der Waals surface area contributed by atoms with Crippen molar-refractivity contribution >= 4 is 6.29 Å². The molecule has 13 heavy (non-hydrogen) atoms. The quantitative estimate of drug-likeness (QED) is 0.622. The van der Waals surface area contributed by atoms with Gasteiger partial charge in [0.25, 0.3) is 0 Å². The molecule has 0 unspecified atom stereocenters. The second kappa shape index (κ2) is 4.75. The van der Waals surface area contributed by atoms with Gasteiger partial charge in [-0.15, -0.1) is 0 Å². The third-order valence-electron chi connectivity index (χ3n) is 2.84. The fourth-order valence-electron chi connectivity index (χ4n) is 1.69. The first-order valence-electron chi connectivity index (χ1n) is 5.33. The Hall–Kier alpha value is -0.370. The normalized spacial score (nSPS) is 20.2. The number of aldehydes is 1. The second-order valence-corrected chi connectivity index (χ2v) is 4.76. The van der Waals surface area contributed by atoms with E-state index < -0.39 is 0 Å². The summed E-state index contributed by atoms with van der Waals surface area (Å²) in [5, 5.41) is 0. The van der Waals surface area contributed by atoms with E-state index in [0.717, 1.165) is 19.3 Å². The molecule has 0 aromatic heterocycles. The first-order valence-corrected chi connectivity index (χ1v) is 5.33. The molecule has 0 spiro atoms. The number of carbonyl (C=O) groups excluding carboxylic acids is 1. The first-order chi connectivity index (χ1) is 6.14. The van der Waals surface area contributed by atoms with Gasteiger partial charge in [0.2, 0.25) is 0 Å². The predicted octanol–water partition coefficient (Wildman–Crippen LogP) is 2.09. The maximum atomic E-state index is 10.7. The summed E-state index contributed by atoms with van der Waals surface area (Å²) < 4.78 is 0. The van der Waals surface area contributed by atoms with Gasteiger partial charge < -0.3 is 9.69 Å². The van der Waals surface area contributed by atoms with Gasteiger partial charge in [0.05, 0.1) is 0 Å². The Morgan fingerprint density at radius 1 is 1.23 bits per heavy atom. The molecule has 1 saturated heterocycles. The van der Waals surface area contributed by atoms with Crippen molar-refractivity contribution in [1.29, 1.82) is 0 Å². The number of hydrogen-bond donors (Lipinski definition) is 0. The minimum atomic E-state index is -0.128. The molecule has 0 bridgehead atoms. The molecule has 76 valence electrons. The molecular weight excluding hydrogens is 162 g/mol. The molecule has 0 amide bonds. The van der Waals surface area contributed by atoms with Crippen molar-refractivity contribution in [2.24, 2.45) is 5.41 Å². The molecule has 1 aliphatic heterocycles. The highest BCUT2D eigenvalue weighted by atomic mass is 16.1. The lowest BCUT2D eigenvalue weighted by Crippen LogP contribution is -2.33. The highest BCUT2D eigenvalue weighted by Crippen LogP contribution is 2.18. The molecule has 1 aliphatic rings. The molecule has 0 radical (unpaired) electrons. The van der Waals surface area contributed by atoms with E-state index in [-0.39, 0.29) is 5.41 Å². The van der Waals surface area contributed by atoms with Gasteiger partial charge in [-0.2, -0.15) is 0 Å². The zero-order chi connectivity index (χ0) is 9.73. The minimum absolute atomic E-state index is 0.128. The van der Waals surface area contributed by atoms with E-state index in [0.29, 0.717) is 0 Å². The third kappa shape index (κ3) is 3.90. The summed E-state index contributed by atoms with van der Waals surface area (Å²) in [4.78, 5) is 13.2. The minimum Gasteiger partial charge on any atom is -0.303 e. The molecule has 0 aliphatic carbocycles. The van der Waals surface area contributed by atoms with Crippen LogP contribution < -0.4 is 0 Å². The van der Waals surface area contributed by atoms with Crippen LogP contribution in [-0.4, -0.2) is 30.8 Å². The van der Waals surface area contributed by atoms with Crippen LogP contribution in [0, 0.1) is 5.41 Å². The van der Waals surface area contributed by atoms with Gasteiger partial charge in [0.15, 0.2) is 0 Å². The number of rotatable bonds is 4. The number of nitrogens with zero attached hydrogens (tertiary/aromatic N) is 1. The zero-order valence-corrected chi connectivity index (χ0v) is 8.88. The summed E-state index contributed by atoms with van der Waals surface area (Å²) in [5.41, 5.74) is -0.128. The standard InChI is InChI=1S/C11H21NO/c1-11(2,10-13)6-9-12-7-4-3-5-8-12/h10H,3-9H2,1-2H3. The lowest BCUT2D eigenvalue weighted by atomic mass is 9.91. The van der Waals surface area contributed by atoms with Crippen LogP contribution in [0.5, 0.6) is 0 Å². The van der Waals surface area contributed by atoms with E-state index in [1.54, 1.807) is 0 Å². The first kappa shape index (κ1) is 10.7. The van der Waals surface area contributed by atoms with Gasteiger partial charge in [0, 0.05) is 5.41 Å². The lowest BCUT2D eigenvalue weighted by molar-refractivity contribution is -0.115. The largest absolute Gasteiger partial charge is 0.303 e. The van der Waals surface area contributed by atoms with Gasteiger partial charge in [-0.25, -0.2) is 0 Å². The number of likely N-dealkylation sites (tertiary alicyclic amines) is 1. The van der Waals surface area contributed by atoms with Gasteiger partial charge in [-0.05, 0) is 38.9 Å². The number of hydrogen-bond acceptors (Lipinski definition) is 2. The monoisotopic (exact) mass is 183 g/mol. The van der Waals surface area contributed by atoms with Crippen LogP contribution >= 0.6 is 0 Å². The topological polar surface area (TPSA) is 20.3 Å². The van der Waals surface area contributed by atoms with E-state index in [4.69, 9.17) is 0 Å². The molecule has 0 atom stereocenters. The molecule has 1 rings (SSSR count).